The van der Waals surface area contributed by atoms with E-state index in [4.69, 9.17) is 4.74 Å². The molecule has 5 heteroatoms. The molecule has 4 rings (SSSR count). The fraction of sp³-hybridized carbons (Fsp3) is 0.368. The largest absolute Gasteiger partial charge is 0.462 e. The molecule has 2 aliphatic rings. The minimum atomic E-state index is -0.377. The van der Waals surface area contributed by atoms with Gasteiger partial charge in [-0.3, -0.25) is 4.79 Å². The number of Topliss-reactive ketones (excluding diaryl/α,β-unsaturated/α-hetero) is 1. The Morgan fingerprint density at radius 2 is 2.04 bits per heavy atom. The highest BCUT2D eigenvalue weighted by Gasteiger charge is 2.39. The Bertz CT molecular complexity index is 845. The minimum absolute atomic E-state index is 0.169. The zero-order valence-electron chi connectivity index (χ0n) is 13.6. The number of fused-ring (bicyclic) bond motifs is 3. The number of esters is 1. The highest BCUT2D eigenvalue weighted by Crippen LogP contribution is 2.41. The van der Waals surface area contributed by atoms with Crippen LogP contribution in [0.15, 0.2) is 30.5 Å². The van der Waals surface area contributed by atoms with Gasteiger partial charge in [0.2, 0.25) is 0 Å². The maximum atomic E-state index is 12.8. The minimum Gasteiger partial charge on any atom is -0.462 e. The first-order valence-corrected chi connectivity index (χ1v) is 8.46. The summed E-state index contributed by atoms with van der Waals surface area (Å²) in [6.45, 7) is 2.61. The van der Waals surface area contributed by atoms with Crippen LogP contribution < -0.4 is 5.32 Å². The number of ketones is 1. The third kappa shape index (κ3) is 2.40. The Morgan fingerprint density at radius 1 is 1.25 bits per heavy atom. The molecular weight excluding hydrogens is 304 g/mol. The third-order valence-electron chi connectivity index (χ3n) is 4.75. The fourth-order valence-electron chi connectivity index (χ4n) is 3.46. The Balaban J connectivity index is 1.88. The van der Waals surface area contributed by atoms with Gasteiger partial charge in [-0.25, -0.2) is 4.79 Å². The Morgan fingerprint density at radius 3 is 2.79 bits per heavy atom. The van der Waals surface area contributed by atoms with Crippen molar-refractivity contribution in [3.8, 4) is 0 Å². The first kappa shape index (κ1) is 15.0. The fourth-order valence-corrected chi connectivity index (χ4v) is 3.46. The lowest BCUT2D eigenvalue weighted by atomic mass is 9.89. The molecule has 0 saturated heterocycles. The van der Waals surface area contributed by atoms with Crippen LogP contribution in [0.3, 0.4) is 0 Å². The van der Waals surface area contributed by atoms with Crippen LogP contribution in [0.1, 0.15) is 36.9 Å². The number of carbonyl (C=O) groups excluding carboxylic acids is 2. The average Bonchev–Trinajstić information content (AvgIpc) is 3.38. The standard InChI is InChI=1S/C19H20N2O3/c1-2-24-19(23)14-10-20-9-13(18(22)11-7-8-11)16-12-5-3-4-6-15(12)21-17(14)16/h3-6,10-11,13,20-21H,2,7-9H2,1H3. The first-order chi connectivity index (χ1) is 11.7. The van der Waals surface area contributed by atoms with Crippen molar-refractivity contribution in [1.82, 2.24) is 10.3 Å². The molecule has 24 heavy (non-hydrogen) atoms. The summed E-state index contributed by atoms with van der Waals surface area (Å²) in [5.74, 6) is -0.182. The number of ether oxygens (including phenoxy) is 1. The molecule has 0 radical (unpaired) electrons. The van der Waals surface area contributed by atoms with Gasteiger partial charge >= 0.3 is 5.97 Å². The average molecular weight is 324 g/mol. The molecule has 124 valence electrons. The molecule has 2 N–H and O–H groups in total. The van der Waals surface area contributed by atoms with Crippen molar-refractivity contribution in [2.24, 2.45) is 5.92 Å². The smallest absolute Gasteiger partial charge is 0.341 e. The molecular formula is C19H20N2O3. The second-order valence-electron chi connectivity index (χ2n) is 6.38. The van der Waals surface area contributed by atoms with E-state index in [-0.39, 0.29) is 23.6 Å². The van der Waals surface area contributed by atoms with E-state index in [1.54, 1.807) is 13.1 Å². The lowest BCUT2D eigenvalue weighted by molar-refractivity contribution is -0.136. The second-order valence-corrected chi connectivity index (χ2v) is 6.38. The molecule has 5 nitrogen and oxygen atoms in total. The molecule has 2 aromatic rings. The van der Waals surface area contributed by atoms with Crippen molar-refractivity contribution in [2.45, 2.75) is 25.7 Å². The van der Waals surface area contributed by atoms with Gasteiger partial charge in [0, 0.05) is 29.6 Å². The zero-order chi connectivity index (χ0) is 16.7. The highest BCUT2D eigenvalue weighted by molar-refractivity contribution is 6.18. The zero-order valence-corrected chi connectivity index (χ0v) is 13.6. The van der Waals surface area contributed by atoms with Crippen LogP contribution in [0.4, 0.5) is 0 Å². The van der Waals surface area contributed by atoms with E-state index in [9.17, 15) is 9.59 Å². The summed E-state index contributed by atoms with van der Waals surface area (Å²) in [5.41, 5.74) is 3.02. The molecule has 1 aromatic heterocycles. The summed E-state index contributed by atoms with van der Waals surface area (Å²) in [5, 5.41) is 4.15. The normalized spacial score (nSPS) is 19.9. The summed E-state index contributed by atoms with van der Waals surface area (Å²) in [7, 11) is 0. The lowest BCUT2D eigenvalue weighted by Gasteiger charge is -2.15. The Kier molecular flexibility index (Phi) is 3.63. The third-order valence-corrected chi connectivity index (χ3v) is 4.75. The molecule has 0 amide bonds. The molecule has 1 aliphatic heterocycles. The van der Waals surface area contributed by atoms with E-state index in [0.717, 1.165) is 29.3 Å². The molecule has 0 spiro atoms. The van der Waals surface area contributed by atoms with E-state index in [1.165, 1.54) is 0 Å². The Hall–Kier alpha value is -2.56. The van der Waals surface area contributed by atoms with Crippen molar-refractivity contribution in [1.29, 1.82) is 0 Å². The number of hydrogen-bond acceptors (Lipinski definition) is 4. The molecule has 1 aliphatic carbocycles. The van der Waals surface area contributed by atoms with Crippen LogP contribution in [-0.2, 0) is 14.3 Å². The van der Waals surface area contributed by atoms with Gasteiger partial charge in [0.15, 0.2) is 0 Å². The number of aromatic amines is 1. The summed E-state index contributed by atoms with van der Waals surface area (Å²) in [6, 6.07) is 7.88. The van der Waals surface area contributed by atoms with Crippen LogP contribution in [0.5, 0.6) is 0 Å². The lowest BCUT2D eigenvalue weighted by Crippen LogP contribution is -2.24. The van der Waals surface area contributed by atoms with E-state index < -0.39 is 0 Å². The van der Waals surface area contributed by atoms with E-state index in [0.29, 0.717) is 24.4 Å². The molecule has 1 atom stereocenters. The molecule has 1 fully saturated rings. The van der Waals surface area contributed by atoms with Gasteiger partial charge in [-0.05, 0) is 31.4 Å². The van der Waals surface area contributed by atoms with E-state index in [2.05, 4.69) is 10.3 Å². The van der Waals surface area contributed by atoms with Crippen molar-refractivity contribution < 1.29 is 14.3 Å². The van der Waals surface area contributed by atoms with Gasteiger partial charge in [-0.1, -0.05) is 18.2 Å². The summed E-state index contributed by atoms with van der Waals surface area (Å²) >= 11 is 0. The van der Waals surface area contributed by atoms with Gasteiger partial charge in [0.25, 0.3) is 0 Å². The number of carbonyl (C=O) groups is 2. The van der Waals surface area contributed by atoms with Crippen LogP contribution >= 0.6 is 0 Å². The quantitative estimate of drug-likeness (QED) is 0.848. The molecule has 2 heterocycles. The summed E-state index contributed by atoms with van der Waals surface area (Å²) in [4.78, 5) is 28.5. The van der Waals surface area contributed by atoms with Gasteiger partial charge in [-0.15, -0.1) is 0 Å². The van der Waals surface area contributed by atoms with Crippen LogP contribution in [0.2, 0.25) is 0 Å². The van der Waals surface area contributed by atoms with Crippen LogP contribution in [0, 0.1) is 5.92 Å². The molecule has 1 aromatic carbocycles. The second kappa shape index (κ2) is 5.82. The highest BCUT2D eigenvalue weighted by atomic mass is 16.5. The van der Waals surface area contributed by atoms with E-state index >= 15 is 0 Å². The van der Waals surface area contributed by atoms with Crippen molar-refractivity contribution in [2.75, 3.05) is 13.2 Å². The van der Waals surface area contributed by atoms with Crippen LogP contribution in [0.25, 0.3) is 16.5 Å². The Labute approximate surface area is 140 Å². The summed E-state index contributed by atoms with van der Waals surface area (Å²) < 4.78 is 5.19. The number of rotatable bonds is 4. The van der Waals surface area contributed by atoms with Crippen LogP contribution in [-0.4, -0.2) is 29.9 Å². The monoisotopic (exact) mass is 324 g/mol. The molecule has 1 unspecified atom stereocenters. The van der Waals surface area contributed by atoms with Crippen molar-refractivity contribution in [3.05, 3.63) is 41.7 Å². The van der Waals surface area contributed by atoms with Gasteiger partial charge in [0.1, 0.15) is 5.78 Å². The van der Waals surface area contributed by atoms with Gasteiger partial charge < -0.3 is 15.0 Å². The number of hydrogen-bond donors (Lipinski definition) is 2. The number of H-pyrrole nitrogens is 1. The molecule has 1 saturated carbocycles. The van der Waals surface area contributed by atoms with E-state index in [1.807, 2.05) is 24.3 Å². The molecule has 0 bridgehead atoms. The van der Waals surface area contributed by atoms with Gasteiger partial charge in [-0.2, -0.15) is 0 Å². The number of nitrogens with one attached hydrogen (secondary N) is 2. The SMILES string of the molecule is CCOC(=O)C1=CNCC(C(=O)C2CC2)c2c1[nH]c1ccccc21. The number of aromatic nitrogens is 1. The maximum absolute atomic E-state index is 12.8. The maximum Gasteiger partial charge on any atom is 0.341 e. The number of benzene rings is 1. The predicted molar refractivity (Wildman–Crippen MR) is 91.4 cm³/mol. The van der Waals surface area contributed by atoms with Crippen molar-refractivity contribution >= 4 is 28.2 Å². The van der Waals surface area contributed by atoms with Crippen molar-refractivity contribution in [3.63, 3.8) is 0 Å². The predicted octanol–water partition coefficient (Wildman–Crippen LogP) is 2.74. The summed E-state index contributed by atoms with van der Waals surface area (Å²) in [6.07, 6.45) is 3.63. The topological polar surface area (TPSA) is 71.2 Å². The van der Waals surface area contributed by atoms with Gasteiger partial charge in [0.05, 0.1) is 23.8 Å². The first-order valence-electron chi connectivity index (χ1n) is 8.46. The number of para-hydroxylation sites is 1.